The number of carbonyl (C=O) groups is 1. The third kappa shape index (κ3) is 5.85. The fourth-order valence-electron chi connectivity index (χ4n) is 4.49. The van der Waals surface area contributed by atoms with Crippen molar-refractivity contribution >= 4 is 6.09 Å². The van der Waals surface area contributed by atoms with E-state index in [0.717, 1.165) is 38.6 Å². The fourth-order valence-corrected chi connectivity index (χ4v) is 4.49. The summed E-state index contributed by atoms with van der Waals surface area (Å²) in [7, 11) is 0. The first kappa shape index (κ1) is 22.4. The van der Waals surface area contributed by atoms with E-state index < -0.39 is 0 Å². The number of hydrogen-bond acceptors (Lipinski definition) is 3. The van der Waals surface area contributed by atoms with Gasteiger partial charge in [0, 0.05) is 24.5 Å². The predicted molar refractivity (Wildman–Crippen MR) is 123 cm³/mol. The Morgan fingerprint density at radius 2 is 1.50 bits per heavy atom. The van der Waals surface area contributed by atoms with Gasteiger partial charge >= 0.3 is 6.09 Å². The molecular formula is C26H36N2O2. The smallest absolute Gasteiger partial charge is 0.407 e. The Bertz CT molecular complexity index is 736. The van der Waals surface area contributed by atoms with Gasteiger partial charge in [0.1, 0.15) is 0 Å². The molecule has 4 heteroatoms. The first-order valence-electron chi connectivity index (χ1n) is 11.5. The van der Waals surface area contributed by atoms with Gasteiger partial charge in [0.15, 0.2) is 0 Å². The lowest BCUT2D eigenvalue weighted by Crippen LogP contribution is -2.36. The third-order valence-electron chi connectivity index (χ3n) is 5.92. The van der Waals surface area contributed by atoms with E-state index in [-0.39, 0.29) is 24.1 Å². The summed E-state index contributed by atoms with van der Waals surface area (Å²) < 4.78 is 5.06. The monoisotopic (exact) mass is 408 g/mol. The number of aryl methyl sites for hydroxylation is 2. The number of ether oxygens (including phenoxy) is 1. The third-order valence-corrected chi connectivity index (χ3v) is 5.92. The second-order valence-electron chi connectivity index (χ2n) is 8.27. The van der Waals surface area contributed by atoms with E-state index >= 15 is 0 Å². The van der Waals surface area contributed by atoms with Crippen molar-refractivity contribution in [1.29, 1.82) is 0 Å². The van der Waals surface area contributed by atoms with Gasteiger partial charge in [-0.1, -0.05) is 75.2 Å². The van der Waals surface area contributed by atoms with Crippen molar-refractivity contribution in [3.8, 4) is 0 Å². The van der Waals surface area contributed by atoms with E-state index in [9.17, 15) is 4.79 Å². The predicted octanol–water partition coefficient (Wildman–Crippen LogP) is 5.20. The van der Waals surface area contributed by atoms with Crippen LogP contribution >= 0.6 is 0 Å². The molecule has 0 aliphatic carbocycles. The summed E-state index contributed by atoms with van der Waals surface area (Å²) in [5.41, 5.74) is 5.43. The Labute approximate surface area is 181 Å². The van der Waals surface area contributed by atoms with Crippen LogP contribution in [0.5, 0.6) is 0 Å². The first-order chi connectivity index (χ1) is 14.6. The van der Waals surface area contributed by atoms with Crippen molar-refractivity contribution in [1.82, 2.24) is 10.6 Å². The van der Waals surface area contributed by atoms with Crippen LogP contribution in [0.1, 0.15) is 68.2 Å². The zero-order valence-corrected chi connectivity index (χ0v) is 18.6. The Morgan fingerprint density at radius 1 is 0.967 bits per heavy atom. The number of amides is 1. The van der Waals surface area contributed by atoms with Crippen LogP contribution in [-0.2, 0) is 17.6 Å². The van der Waals surface area contributed by atoms with Gasteiger partial charge in [-0.2, -0.15) is 0 Å². The van der Waals surface area contributed by atoms with Crippen molar-refractivity contribution in [3.05, 3.63) is 70.8 Å². The summed E-state index contributed by atoms with van der Waals surface area (Å²) in [5, 5.41) is 6.66. The fraction of sp³-hybridized carbons (Fsp3) is 0.500. The van der Waals surface area contributed by atoms with E-state index in [0.29, 0.717) is 6.61 Å². The standard InChI is InChI=1S/C26H36N2O2/c1-4-7-19-9-13-21(14-10-19)25(22-15-11-20(8-5-2)12-16-22)24-17-23(18-27-24)28-26(29)30-6-3/h9-16,23-25,27H,4-8,17-18H2,1-3H3,(H,28,29)/t23-,24?/m1/s1. The van der Waals surface area contributed by atoms with E-state index in [2.05, 4.69) is 73.0 Å². The van der Waals surface area contributed by atoms with E-state index in [1.807, 2.05) is 6.92 Å². The van der Waals surface area contributed by atoms with Crippen LogP contribution in [0.25, 0.3) is 0 Å². The van der Waals surface area contributed by atoms with Crippen molar-refractivity contribution in [3.63, 3.8) is 0 Å². The maximum Gasteiger partial charge on any atom is 0.407 e. The molecule has 1 unspecified atom stereocenters. The van der Waals surface area contributed by atoms with Gasteiger partial charge < -0.3 is 15.4 Å². The molecule has 1 amide bonds. The zero-order valence-electron chi connectivity index (χ0n) is 18.6. The molecule has 0 spiro atoms. The normalized spacial score (nSPS) is 18.5. The summed E-state index contributed by atoms with van der Waals surface area (Å²) in [4.78, 5) is 11.9. The highest BCUT2D eigenvalue weighted by atomic mass is 16.5. The van der Waals surface area contributed by atoms with Crippen LogP contribution in [0.4, 0.5) is 4.79 Å². The molecule has 1 aliphatic heterocycles. The van der Waals surface area contributed by atoms with Gasteiger partial charge in [0.25, 0.3) is 0 Å². The number of hydrogen-bond donors (Lipinski definition) is 2. The average Bonchev–Trinajstić information content (AvgIpc) is 3.19. The highest BCUT2D eigenvalue weighted by Crippen LogP contribution is 2.33. The second-order valence-corrected chi connectivity index (χ2v) is 8.27. The molecule has 30 heavy (non-hydrogen) atoms. The molecule has 0 saturated carbocycles. The van der Waals surface area contributed by atoms with Gasteiger partial charge in [-0.25, -0.2) is 4.79 Å². The zero-order chi connectivity index (χ0) is 21.3. The lowest BCUT2D eigenvalue weighted by Gasteiger charge is -2.26. The first-order valence-corrected chi connectivity index (χ1v) is 11.5. The molecule has 2 atom stereocenters. The Kier molecular flexibility index (Phi) is 8.32. The van der Waals surface area contributed by atoms with Crippen molar-refractivity contribution < 1.29 is 9.53 Å². The summed E-state index contributed by atoms with van der Waals surface area (Å²) in [6.07, 6.45) is 5.11. The van der Waals surface area contributed by atoms with Gasteiger partial charge in [-0.05, 0) is 48.4 Å². The Balaban J connectivity index is 1.81. The lowest BCUT2D eigenvalue weighted by molar-refractivity contribution is 0.148. The summed E-state index contributed by atoms with van der Waals surface area (Å²) in [6.45, 7) is 7.42. The average molecular weight is 409 g/mol. The minimum absolute atomic E-state index is 0.0929. The molecule has 0 aromatic heterocycles. The summed E-state index contributed by atoms with van der Waals surface area (Å²) >= 11 is 0. The summed E-state index contributed by atoms with van der Waals surface area (Å²) in [5.74, 6) is 0.255. The number of benzene rings is 2. The number of alkyl carbamates (subject to hydrolysis) is 1. The Morgan fingerprint density at radius 3 is 1.97 bits per heavy atom. The van der Waals surface area contributed by atoms with Gasteiger partial charge in [-0.15, -0.1) is 0 Å². The van der Waals surface area contributed by atoms with Crippen LogP contribution in [-0.4, -0.2) is 31.3 Å². The van der Waals surface area contributed by atoms with Crippen molar-refractivity contribution in [2.75, 3.05) is 13.2 Å². The SMILES string of the molecule is CCCc1ccc(C(c2ccc(CCC)cc2)C2C[C@@H](NC(=O)OCC)CN2)cc1. The molecule has 162 valence electrons. The number of rotatable bonds is 9. The van der Waals surface area contributed by atoms with E-state index in [4.69, 9.17) is 4.74 Å². The molecule has 2 aromatic rings. The minimum atomic E-state index is -0.325. The topological polar surface area (TPSA) is 50.4 Å². The molecule has 3 rings (SSSR count). The quantitative estimate of drug-likeness (QED) is 0.600. The highest BCUT2D eigenvalue weighted by molar-refractivity contribution is 5.67. The van der Waals surface area contributed by atoms with Crippen LogP contribution in [0.2, 0.25) is 0 Å². The molecule has 0 bridgehead atoms. The maximum atomic E-state index is 11.9. The molecule has 4 nitrogen and oxygen atoms in total. The van der Waals surface area contributed by atoms with Crippen LogP contribution < -0.4 is 10.6 Å². The largest absolute Gasteiger partial charge is 0.450 e. The second kappa shape index (κ2) is 11.2. The molecule has 1 aliphatic rings. The molecule has 1 saturated heterocycles. The summed E-state index contributed by atoms with van der Waals surface area (Å²) in [6, 6.07) is 18.5. The van der Waals surface area contributed by atoms with Gasteiger partial charge in [0.2, 0.25) is 0 Å². The lowest BCUT2D eigenvalue weighted by atomic mass is 9.83. The van der Waals surface area contributed by atoms with Crippen LogP contribution in [0, 0.1) is 0 Å². The highest BCUT2D eigenvalue weighted by Gasteiger charge is 2.33. The molecular weight excluding hydrogens is 372 g/mol. The minimum Gasteiger partial charge on any atom is -0.450 e. The molecule has 2 aromatic carbocycles. The van der Waals surface area contributed by atoms with E-state index in [1.165, 1.54) is 22.3 Å². The maximum absolute atomic E-state index is 11.9. The number of nitrogens with one attached hydrogen (secondary N) is 2. The molecule has 0 radical (unpaired) electrons. The van der Waals surface area contributed by atoms with Crippen LogP contribution in [0.15, 0.2) is 48.5 Å². The molecule has 1 heterocycles. The van der Waals surface area contributed by atoms with Gasteiger partial charge in [-0.3, -0.25) is 0 Å². The number of carbonyl (C=O) groups excluding carboxylic acids is 1. The van der Waals surface area contributed by atoms with Gasteiger partial charge in [0.05, 0.1) is 6.61 Å². The molecule has 2 N–H and O–H groups in total. The van der Waals surface area contributed by atoms with Crippen LogP contribution in [0.3, 0.4) is 0 Å². The van der Waals surface area contributed by atoms with Crippen molar-refractivity contribution in [2.24, 2.45) is 0 Å². The van der Waals surface area contributed by atoms with Crippen molar-refractivity contribution in [2.45, 2.75) is 70.9 Å². The Hall–Kier alpha value is -2.33. The van der Waals surface area contributed by atoms with E-state index in [1.54, 1.807) is 0 Å². The molecule has 1 fully saturated rings.